The third kappa shape index (κ3) is 5.23. The number of anilines is 3. The van der Waals surface area contributed by atoms with Gasteiger partial charge in [0.25, 0.3) is 0 Å². The van der Waals surface area contributed by atoms with Gasteiger partial charge in [-0.3, -0.25) is 0 Å². The van der Waals surface area contributed by atoms with E-state index >= 15 is 0 Å². The highest BCUT2D eigenvalue weighted by molar-refractivity contribution is 6.27. The summed E-state index contributed by atoms with van der Waals surface area (Å²) in [5.74, 6) is 0. The minimum Gasteiger partial charge on any atom is -0.310 e. The van der Waals surface area contributed by atoms with Crippen molar-refractivity contribution in [1.29, 1.82) is 0 Å². The van der Waals surface area contributed by atoms with E-state index in [1.54, 1.807) is 0 Å². The first kappa shape index (κ1) is 36.9. The molecule has 0 radical (unpaired) electrons. The Morgan fingerprint density at radius 3 is 1.35 bits per heavy atom. The molecule has 2 aliphatic carbocycles. The second kappa shape index (κ2) is 14.2. The van der Waals surface area contributed by atoms with Gasteiger partial charge in [0, 0.05) is 17.1 Å². The molecule has 306 valence electrons. The average molecular weight is 836 g/mol. The maximum absolute atomic E-state index is 2.55. The van der Waals surface area contributed by atoms with Crippen LogP contribution in [0.15, 0.2) is 249 Å². The van der Waals surface area contributed by atoms with Gasteiger partial charge in [-0.1, -0.05) is 206 Å². The van der Waals surface area contributed by atoms with Crippen LogP contribution in [-0.4, -0.2) is 0 Å². The highest BCUT2D eigenvalue weighted by Crippen LogP contribution is 2.64. The molecular formula is C65H41N. The molecule has 12 aromatic carbocycles. The summed E-state index contributed by atoms with van der Waals surface area (Å²) in [6.07, 6.45) is 0. The van der Waals surface area contributed by atoms with Crippen LogP contribution in [0.25, 0.3) is 88.0 Å². The molecular weight excluding hydrogens is 795 g/mol. The van der Waals surface area contributed by atoms with E-state index in [9.17, 15) is 0 Å². The molecule has 0 N–H and O–H groups in total. The average Bonchev–Trinajstić information content (AvgIpc) is 3.63. The van der Waals surface area contributed by atoms with Crippen LogP contribution < -0.4 is 4.90 Å². The molecule has 2 aliphatic rings. The Labute approximate surface area is 384 Å². The summed E-state index contributed by atoms with van der Waals surface area (Å²) in [7, 11) is 0. The van der Waals surface area contributed by atoms with Gasteiger partial charge in [-0.05, 0) is 153 Å². The minimum atomic E-state index is -0.655. The van der Waals surface area contributed by atoms with Crippen LogP contribution in [0.5, 0.6) is 0 Å². The molecule has 1 heteroatoms. The topological polar surface area (TPSA) is 3.24 Å². The standard InChI is InChI=1S/C65H41N/c1-3-14-42(15-4-1)44-28-33-49(34-29-44)66(50-35-30-45(31-36-50)43-16-5-2-6-17-43)51-37-39-55-53-21-8-7-20-52(53)54-22-9-11-24-58(54)65(60(55)41-51)59-25-12-10-23-56(59)64-57-38-32-47-19-13-18-46-26-27-48(40-61(64)65)63(57)62(46)47/h1-41H. The molecule has 0 heterocycles. The monoisotopic (exact) mass is 835 g/mol. The van der Waals surface area contributed by atoms with Crippen molar-refractivity contribution in [1.82, 2.24) is 0 Å². The van der Waals surface area contributed by atoms with Crippen molar-refractivity contribution in [2.24, 2.45) is 0 Å². The van der Waals surface area contributed by atoms with Crippen molar-refractivity contribution >= 4 is 49.4 Å². The Balaban J connectivity index is 1.08. The van der Waals surface area contributed by atoms with E-state index in [-0.39, 0.29) is 0 Å². The first-order chi connectivity index (χ1) is 32.7. The zero-order valence-corrected chi connectivity index (χ0v) is 36.1. The molecule has 0 aromatic heterocycles. The van der Waals surface area contributed by atoms with Crippen molar-refractivity contribution in [3.63, 3.8) is 0 Å². The van der Waals surface area contributed by atoms with Crippen molar-refractivity contribution in [2.45, 2.75) is 5.41 Å². The van der Waals surface area contributed by atoms with Crippen LogP contribution in [0.4, 0.5) is 17.1 Å². The fourth-order valence-electron chi connectivity index (χ4n) is 11.8. The smallest absolute Gasteiger partial charge is 0.0726 e. The number of benzene rings is 12. The number of hydrogen-bond acceptors (Lipinski definition) is 1. The molecule has 0 saturated heterocycles. The van der Waals surface area contributed by atoms with Crippen molar-refractivity contribution in [3.05, 3.63) is 271 Å². The Bertz CT molecular complexity index is 3750. The molecule has 0 fully saturated rings. The van der Waals surface area contributed by atoms with Gasteiger partial charge in [-0.2, -0.15) is 0 Å². The molecule has 1 nitrogen and oxygen atoms in total. The van der Waals surface area contributed by atoms with Gasteiger partial charge in [0.2, 0.25) is 0 Å². The van der Waals surface area contributed by atoms with E-state index in [2.05, 4.69) is 254 Å². The third-order valence-electron chi connectivity index (χ3n) is 14.6. The summed E-state index contributed by atoms with van der Waals surface area (Å²) in [5.41, 5.74) is 20.3. The fraction of sp³-hybridized carbons (Fsp3) is 0.0154. The molecule has 1 spiro atoms. The zero-order chi connectivity index (χ0) is 43.3. The maximum Gasteiger partial charge on any atom is 0.0726 e. The predicted molar refractivity (Wildman–Crippen MR) is 277 cm³/mol. The summed E-state index contributed by atoms with van der Waals surface area (Å²) in [5, 5.41) is 7.84. The van der Waals surface area contributed by atoms with Crippen molar-refractivity contribution < 1.29 is 0 Å². The molecule has 12 aromatic rings. The lowest BCUT2D eigenvalue weighted by molar-refractivity contribution is 0.777. The van der Waals surface area contributed by atoms with Gasteiger partial charge in [0.1, 0.15) is 0 Å². The van der Waals surface area contributed by atoms with Crippen molar-refractivity contribution in [3.8, 4) is 55.6 Å². The number of hydrogen-bond donors (Lipinski definition) is 0. The van der Waals surface area contributed by atoms with Gasteiger partial charge < -0.3 is 4.90 Å². The van der Waals surface area contributed by atoms with Crippen LogP contribution in [0, 0.1) is 0 Å². The van der Waals surface area contributed by atoms with Crippen LogP contribution >= 0.6 is 0 Å². The second-order valence-corrected chi connectivity index (χ2v) is 17.9. The molecule has 0 amide bonds. The summed E-state index contributed by atoms with van der Waals surface area (Å²) < 4.78 is 0. The Morgan fingerprint density at radius 1 is 0.258 bits per heavy atom. The van der Waals surface area contributed by atoms with Gasteiger partial charge in [-0.15, -0.1) is 0 Å². The van der Waals surface area contributed by atoms with Crippen LogP contribution in [-0.2, 0) is 5.41 Å². The molecule has 1 unspecified atom stereocenters. The summed E-state index contributed by atoms with van der Waals surface area (Å²) in [6.45, 7) is 0. The zero-order valence-electron chi connectivity index (χ0n) is 36.1. The van der Waals surface area contributed by atoms with E-state index in [4.69, 9.17) is 0 Å². The number of rotatable bonds is 5. The van der Waals surface area contributed by atoms with Crippen LogP contribution in [0.3, 0.4) is 0 Å². The molecule has 0 bridgehead atoms. The maximum atomic E-state index is 2.55. The van der Waals surface area contributed by atoms with E-state index in [0.29, 0.717) is 0 Å². The molecule has 1 atom stereocenters. The molecule has 66 heavy (non-hydrogen) atoms. The van der Waals surface area contributed by atoms with Crippen molar-refractivity contribution in [2.75, 3.05) is 4.90 Å². The van der Waals surface area contributed by atoms with Gasteiger partial charge in [0.15, 0.2) is 0 Å². The fourth-order valence-corrected chi connectivity index (χ4v) is 11.8. The van der Waals surface area contributed by atoms with Gasteiger partial charge in [-0.25, -0.2) is 0 Å². The van der Waals surface area contributed by atoms with Gasteiger partial charge >= 0.3 is 0 Å². The van der Waals surface area contributed by atoms with Gasteiger partial charge in [0.05, 0.1) is 5.41 Å². The van der Waals surface area contributed by atoms with E-state index in [1.807, 2.05) is 0 Å². The summed E-state index contributed by atoms with van der Waals surface area (Å²) in [4.78, 5) is 2.45. The second-order valence-electron chi connectivity index (χ2n) is 17.9. The van der Waals surface area contributed by atoms with Crippen LogP contribution in [0.1, 0.15) is 22.3 Å². The lowest BCUT2D eigenvalue weighted by Crippen LogP contribution is -2.29. The highest BCUT2D eigenvalue weighted by atomic mass is 15.1. The summed E-state index contributed by atoms with van der Waals surface area (Å²) in [6, 6.07) is 93.0. The normalized spacial score (nSPS) is 14.4. The number of nitrogens with zero attached hydrogens (tertiary/aromatic N) is 1. The Kier molecular flexibility index (Phi) is 7.97. The van der Waals surface area contributed by atoms with Crippen LogP contribution in [0.2, 0.25) is 0 Å². The minimum absolute atomic E-state index is 0.655. The first-order valence-corrected chi connectivity index (χ1v) is 23.0. The van der Waals surface area contributed by atoms with E-state index in [0.717, 1.165) is 17.1 Å². The SMILES string of the molecule is c1ccc(-c2ccc(N(c3ccc(-c4ccccc4)cc3)c3ccc4c(c3)C3(c5ccccc5-c5ccccc5-4)c4ccccc4-c4c3cc3ccc5cccc6ccc4c3c56)cc2)cc1. The number of fused-ring (bicyclic) bond motifs is 13. The molecule has 14 rings (SSSR count). The van der Waals surface area contributed by atoms with E-state index in [1.165, 1.54) is 110 Å². The lowest BCUT2D eigenvalue weighted by Gasteiger charge is -2.37. The third-order valence-corrected chi connectivity index (χ3v) is 14.6. The Morgan fingerprint density at radius 2 is 0.727 bits per heavy atom. The Hall–Kier alpha value is -8.52. The quantitative estimate of drug-likeness (QED) is 0.156. The largest absolute Gasteiger partial charge is 0.310 e. The predicted octanol–water partition coefficient (Wildman–Crippen LogP) is 17.4. The lowest BCUT2D eigenvalue weighted by atomic mass is 9.65. The first-order valence-electron chi connectivity index (χ1n) is 23.0. The highest BCUT2D eigenvalue weighted by Gasteiger charge is 2.50. The molecule has 0 saturated carbocycles. The summed E-state index contributed by atoms with van der Waals surface area (Å²) >= 11 is 0. The molecule has 0 aliphatic heterocycles. The van der Waals surface area contributed by atoms with E-state index < -0.39 is 5.41 Å².